The summed E-state index contributed by atoms with van der Waals surface area (Å²) in [6, 6.07) is 11.4. The monoisotopic (exact) mass is 343 g/mol. The van der Waals surface area contributed by atoms with Crippen LogP contribution in [0.15, 0.2) is 42.6 Å². The van der Waals surface area contributed by atoms with Gasteiger partial charge >= 0.3 is 0 Å². The van der Waals surface area contributed by atoms with Crippen molar-refractivity contribution in [1.29, 1.82) is 0 Å². The van der Waals surface area contributed by atoms with E-state index in [0.717, 1.165) is 22.7 Å². The topological polar surface area (TPSA) is 63.7 Å². The minimum absolute atomic E-state index is 0.156. The van der Waals surface area contributed by atoms with E-state index in [1.807, 2.05) is 55.4 Å². The van der Waals surface area contributed by atoms with Crippen LogP contribution in [-0.4, -0.2) is 38.2 Å². The highest BCUT2D eigenvalue weighted by molar-refractivity contribution is 5.80. The predicted octanol–water partition coefficient (Wildman–Crippen LogP) is 2.38. The van der Waals surface area contributed by atoms with Gasteiger partial charge in [-0.1, -0.05) is 18.2 Å². The second kappa shape index (κ2) is 9.03. The number of pyridine rings is 1. The number of ether oxygens (including phenoxy) is 2. The number of carbonyl (C=O) groups is 1. The lowest BCUT2D eigenvalue weighted by atomic mass is 10.2. The second-order valence-electron chi connectivity index (χ2n) is 5.90. The molecule has 1 aromatic heterocycles. The van der Waals surface area contributed by atoms with Crippen LogP contribution >= 0.6 is 0 Å². The average molecular weight is 343 g/mol. The van der Waals surface area contributed by atoms with Crippen LogP contribution in [0.3, 0.4) is 0 Å². The van der Waals surface area contributed by atoms with Gasteiger partial charge in [-0.3, -0.25) is 4.79 Å². The highest BCUT2D eigenvalue weighted by Crippen LogP contribution is 2.15. The molecule has 25 heavy (non-hydrogen) atoms. The van der Waals surface area contributed by atoms with Gasteiger partial charge in [-0.15, -0.1) is 0 Å². The van der Waals surface area contributed by atoms with E-state index in [4.69, 9.17) is 9.47 Å². The molecular formula is C19H25N3O3. The smallest absolute Gasteiger partial charge is 0.249 e. The molecule has 1 heterocycles. The second-order valence-corrected chi connectivity index (χ2v) is 5.90. The molecule has 0 aliphatic heterocycles. The summed E-state index contributed by atoms with van der Waals surface area (Å²) in [6.07, 6.45) is 1.19. The Morgan fingerprint density at radius 3 is 2.80 bits per heavy atom. The van der Waals surface area contributed by atoms with Crippen molar-refractivity contribution in [3.63, 3.8) is 0 Å². The first kappa shape index (κ1) is 18.7. The van der Waals surface area contributed by atoms with E-state index >= 15 is 0 Å². The number of hydrogen-bond acceptors (Lipinski definition) is 5. The third kappa shape index (κ3) is 5.46. The first-order chi connectivity index (χ1) is 12.0. The highest BCUT2D eigenvalue weighted by atomic mass is 16.5. The molecule has 0 bridgehead atoms. The SMILES string of the molecule is COc1cccc(CO[C@@H](C)C(=O)NCc2cccnc2N(C)C)c1. The van der Waals surface area contributed by atoms with Crippen molar-refractivity contribution in [3.05, 3.63) is 53.7 Å². The van der Waals surface area contributed by atoms with Crippen LogP contribution in [0.1, 0.15) is 18.1 Å². The van der Waals surface area contributed by atoms with Gasteiger partial charge in [0.2, 0.25) is 5.91 Å². The minimum atomic E-state index is -0.550. The first-order valence-corrected chi connectivity index (χ1v) is 8.14. The van der Waals surface area contributed by atoms with E-state index in [0.29, 0.717) is 13.2 Å². The van der Waals surface area contributed by atoms with Crippen molar-refractivity contribution in [2.45, 2.75) is 26.2 Å². The average Bonchev–Trinajstić information content (AvgIpc) is 2.64. The number of nitrogens with one attached hydrogen (secondary N) is 1. The van der Waals surface area contributed by atoms with Gasteiger partial charge in [0.05, 0.1) is 13.7 Å². The molecule has 0 spiro atoms. The molecule has 0 unspecified atom stereocenters. The number of carbonyl (C=O) groups excluding carboxylic acids is 1. The summed E-state index contributed by atoms with van der Waals surface area (Å²) >= 11 is 0. The molecule has 2 aromatic rings. The maximum atomic E-state index is 12.2. The molecule has 0 radical (unpaired) electrons. The molecule has 1 N–H and O–H groups in total. The Kier molecular flexibility index (Phi) is 6.77. The van der Waals surface area contributed by atoms with Gasteiger partial charge in [0.15, 0.2) is 0 Å². The zero-order chi connectivity index (χ0) is 18.2. The van der Waals surface area contributed by atoms with Crippen LogP contribution in [-0.2, 0) is 22.7 Å². The maximum Gasteiger partial charge on any atom is 0.249 e. The Hall–Kier alpha value is -2.60. The van der Waals surface area contributed by atoms with Crippen LogP contribution in [0.5, 0.6) is 5.75 Å². The van der Waals surface area contributed by atoms with Crippen LogP contribution in [0.25, 0.3) is 0 Å². The number of aromatic nitrogens is 1. The number of rotatable bonds is 8. The molecule has 0 saturated carbocycles. The number of hydrogen-bond donors (Lipinski definition) is 1. The van der Waals surface area contributed by atoms with E-state index in [2.05, 4.69) is 10.3 Å². The van der Waals surface area contributed by atoms with Crippen molar-refractivity contribution in [2.75, 3.05) is 26.1 Å². The molecule has 1 aromatic carbocycles. The molecular weight excluding hydrogens is 318 g/mol. The molecule has 6 heteroatoms. The van der Waals surface area contributed by atoms with Gasteiger partial charge in [0, 0.05) is 32.4 Å². The van der Waals surface area contributed by atoms with Crippen molar-refractivity contribution in [2.24, 2.45) is 0 Å². The van der Waals surface area contributed by atoms with Gasteiger partial charge in [-0.2, -0.15) is 0 Å². The van der Waals surface area contributed by atoms with Crippen molar-refractivity contribution >= 4 is 11.7 Å². The van der Waals surface area contributed by atoms with Gasteiger partial charge in [-0.05, 0) is 30.7 Å². The molecule has 2 rings (SSSR count). The molecule has 0 aliphatic rings. The number of benzene rings is 1. The molecule has 134 valence electrons. The zero-order valence-electron chi connectivity index (χ0n) is 15.2. The standard InChI is InChI=1S/C19H25N3O3/c1-14(25-13-15-7-5-9-17(11-15)24-4)19(23)21-12-16-8-6-10-20-18(16)22(2)3/h5-11,14H,12-13H2,1-4H3,(H,21,23)/t14-/m0/s1. The van der Waals surface area contributed by atoms with E-state index < -0.39 is 6.10 Å². The Balaban J connectivity index is 1.86. The van der Waals surface area contributed by atoms with Crippen LogP contribution in [0, 0.1) is 0 Å². The third-order valence-electron chi connectivity index (χ3n) is 3.75. The number of amides is 1. The summed E-state index contributed by atoms with van der Waals surface area (Å²) in [6.45, 7) is 2.50. The largest absolute Gasteiger partial charge is 0.497 e. The van der Waals surface area contributed by atoms with Crippen molar-refractivity contribution in [3.8, 4) is 5.75 Å². The van der Waals surface area contributed by atoms with Crippen molar-refractivity contribution in [1.82, 2.24) is 10.3 Å². The third-order valence-corrected chi connectivity index (χ3v) is 3.75. The Morgan fingerprint density at radius 1 is 1.28 bits per heavy atom. The summed E-state index contributed by atoms with van der Waals surface area (Å²) < 4.78 is 10.8. The summed E-state index contributed by atoms with van der Waals surface area (Å²) in [4.78, 5) is 18.5. The Labute approximate surface area is 148 Å². The normalized spacial score (nSPS) is 11.7. The van der Waals surface area contributed by atoms with Gasteiger partial charge < -0.3 is 19.7 Å². The molecule has 0 aliphatic carbocycles. The summed E-state index contributed by atoms with van der Waals surface area (Å²) in [5.41, 5.74) is 1.92. The van der Waals surface area contributed by atoms with E-state index in [1.165, 1.54) is 0 Å². The molecule has 1 atom stereocenters. The summed E-state index contributed by atoms with van der Waals surface area (Å²) in [7, 11) is 5.47. The summed E-state index contributed by atoms with van der Waals surface area (Å²) in [5.74, 6) is 1.45. The fraction of sp³-hybridized carbons (Fsp3) is 0.368. The van der Waals surface area contributed by atoms with Crippen LogP contribution in [0.2, 0.25) is 0 Å². The maximum absolute atomic E-state index is 12.2. The summed E-state index contributed by atoms with van der Waals surface area (Å²) in [5, 5.41) is 2.90. The van der Waals surface area contributed by atoms with Gasteiger partial charge in [0.1, 0.15) is 17.7 Å². The van der Waals surface area contributed by atoms with E-state index in [-0.39, 0.29) is 5.91 Å². The quantitative estimate of drug-likeness (QED) is 0.797. The number of anilines is 1. The van der Waals surface area contributed by atoms with E-state index in [9.17, 15) is 4.79 Å². The highest BCUT2D eigenvalue weighted by Gasteiger charge is 2.14. The minimum Gasteiger partial charge on any atom is -0.497 e. The lowest BCUT2D eigenvalue weighted by Crippen LogP contribution is -2.34. The zero-order valence-corrected chi connectivity index (χ0v) is 15.2. The lowest BCUT2D eigenvalue weighted by Gasteiger charge is -2.17. The van der Waals surface area contributed by atoms with E-state index in [1.54, 1.807) is 20.2 Å². The van der Waals surface area contributed by atoms with Gasteiger partial charge in [0.25, 0.3) is 0 Å². The molecule has 0 fully saturated rings. The van der Waals surface area contributed by atoms with Gasteiger partial charge in [-0.25, -0.2) is 4.98 Å². The molecule has 6 nitrogen and oxygen atoms in total. The Morgan fingerprint density at radius 2 is 2.08 bits per heavy atom. The predicted molar refractivity (Wildman–Crippen MR) is 97.7 cm³/mol. The molecule has 1 amide bonds. The molecule has 0 saturated heterocycles. The number of nitrogens with zero attached hydrogens (tertiary/aromatic N) is 2. The first-order valence-electron chi connectivity index (χ1n) is 8.14. The van der Waals surface area contributed by atoms with Crippen molar-refractivity contribution < 1.29 is 14.3 Å². The Bertz CT molecular complexity index is 704. The number of methoxy groups -OCH3 is 1. The fourth-order valence-corrected chi connectivity index (χ4v) is 2.36. The van der Waals surface area contributed by atoms with Crippen LogP contribution in [0.4, 0.5) is 5.82 Å². The van der Waals surface area contributed by atoms with Crippen LogP contribution < -0.4 is 15.0 Å². The fourth-order valence-electron chi connectivity index (χ4n) is 2.36. The lowest BCUT2D eigenvalue weighted by molar-refractivity contribution is -0.132.